The minimum absolute atomic E-state index is 0.528. The van der Waals surface area contributed by atoms with Crippen molar-refractivity contribution in [3.05, 3.63) is 34.9 Å². The lowest BCUT2D eigenvalue weighted by atomic mass is 10.2. The highest BCUT2D eigenvalue weighted by Crippen LogP contribution is 2.28. The minimum Gasteiger partial charge on any atom is -0.378 e. The number of aromatic nitrogens is 3. The van der Waals surface area contributed by atoms with Crippen LogP contribution in [0.15, 0.2) is 29.4 Å². The summed E-state index contributed by atoms with van der Waals surface area (Å²) in [6.07, 6.45) is 0. The molecule has 0 spiro atoms. The Bertz CT molecular complexity index is 670. The molecule has 2 heterocycles. The number of rotatable bonds is 6. The largest absolute Gasteiger partial charge is 0.378 e. The topological polar surface area (TPSA) is 43.2 Å². The van der Waals surface area contributed by atoms with E-state index in [-0.39, 0.29) is 0 Å². The first-order chi connectivity index (χ1) is 11.6. The van der Waals surface area contributed by atoms with Gasteiger partial charge in [0.25, 0.3) is 0 Å². The molecule has 2 aromatic rings. The Kier molecular flexibility index (Phi) is 6.03. The standard InChI is InChI=1S/C17H23ClN4OS/c1-13(2)11-22-16(21-7-9-23-10-8-21)19-20-17(22)24-12-14-5-3-4-6-15(14)18/h3-6,13H,7-12H2,1-2H3. The lowest BCUT2D eigenvalue weighted by Crippen LogP contribution is -2.38. The first-order valence-electron chi connectivity index (χ1n) is 8.27. The molecule has 1 aromatic heterocycles. The van der Waals surface area contributed by atoms with Crippen LogP contribution in [0.4, 0.5) is 5.95 Å². The summed E-state index contributed by atoms with van der Waals surface area (Å²) < 4.78 is 7.68. The number of morpholine rings is 1. The van der Waals surface area contributed by atoms with Crippen molar-refractivity contribution in [2.45, 2.75) is 31.3 Å². The van der Waals surface area contributed by atoms with Gasteiger partial charge < -0.3 is 9.64 Å². The van der Waals surface area contributed by atoms with E-state index in [1.54, 1.807) is 11.8 Å². The van der Waals surface area contributed by atoms with Gasteiger partial charge >= 0.3 is 0 Å². The summed E-state index contributed by atoms with van der Waals surface area (Å²) in [6.45, 7) is 8.56. The van der Waals surface area contributed by atoms with Crippen LogP contribution in [0.25, 0.3) is 0 Å². The normalized spacial score (nSPS) is 15.2. The summed E-state index contributed by atoms with van der Waals surface area (Å²) >= 11 is 7.95. The van der Waals surface area contributed by atoms with Crippen molar-refractivity contribution in [2.24, 2.45) is 5.92 Å². The molecule has 0 radical (unpaired) electrons. The van der Waals surface area contributed by atoms with E-state index in [4.69, 9.17) is 16.3 Å². The molecule has 1 aromatic carbocycles. The van der Waals surface area contributed by atoms with E-state index < -0.39 is 0 Å². The number of ether oxygens (including phenoxy) is 1. The molecule has 3 rings (SSSR count). The summed E-state index contributed by atoms with van der Waals surface area (Å²) in [5.74, 6) is 2.27. The van der Waals surface area contributed by atoms with Gasteiger partial charge in [-0.2, -0.15) is 0 Å². The second-order valence-corrected chi connectivity index (χ2v) is 7.62. The molecule has 1 fully saturated rings. The second-order valence-electron chi connectivity index (χ2n) is 6.27. The lowest BCUT2D eigenvalue weighted by molar-refractivity contribution is 0.121. The Balaban J connectivity index is 1.79. The average molecular weight is 367 g/mol. The van der Waals surface area contributed by atoms with Crippen molar-refractivity contribution in [3.63, 3.8) is 0 Å². The summed E-state index contributed by atoms with van der Waals surface area (Å²) in [6, 6.07) is 7.95. The zero-order valence-corrected chi connectivity index (χ0v) is 15.7. The van der Waals surface area contributed by atoms with Gasteiger partial charge in [-0.25, -0.2) is 0 Å². The summed E-state index contributed by atoms with van der Waals surface area (Å²) in [5.41, 5.74) is 1.12. The number of nitrogens with zero attached hydrogens (tertiary/aromatic N) is 4. The maximum absolute atomic E-state index is 6.26. The van der Waals surface area contributed by atoms with Gasteiger partial charge in [0.15, 0.2) is 5.16 Å². The van der Waals surface area contributed by atoms with Crippen LogP contribution in [-0.4, -0.2) is 41.1 Å². The Labute approximate surface area is 152 Å². The first kappa shape index (κ1) is 17.6. The van der Waals surface area contributed by atoms with Gasteiger partial charge in [-0.1, -0.05) is 55.4 Å². The van der Waals surface area contributed by atoms with Crippen LogP contribution in [0.2, 0.25) is 5.02 Å². The fourth-order valence-electron chi connectivity index (χ4n) is 2.67. The zero-order chi connectivity index (χ0) is 16.9. The van der Waals surface area contributed by atoms with Crippen LogP contribution in [0, 0.1) is 5.92 Å². The Hall–Kier alpha value is -1.24. The fraction of sp³-hybridized carbons (Fsp3) is 0.529. The van der Waals surface area contributed by atoms with E-state index in [1.807, 2.05) is 18.2 Å². The molecule has 0 amide bonds. The van der Waals surface area contributed by atoms with Gasteiger partial charge in [0.05, 0.1) is 13.2 Å². The van der Waals surface area contributed by atoms with Crippen LogP contribution in [0.1, 0.15) is 19.4 Å². The third kappa shape index (κ3) is 4.23. The molecule has 0 unspecified atom stereocenters. The fourth-order valence-corrected chi connectivity index (χ4v) is 3.90. The molecule has 0 saturated carbocycles. The van der Waals surface area contributed by atoms with Crippen molar-refractivity contribution in [1.29, 1.82) is 0 Å². The van der Waals surface area contributed by atoms with Crippen LogP contribution in [0.3, 0.4) is 0 Å². The minimum atomic E-state index is 0.528. The van der Waals surface area contributed by atoms with Gasteiger partial charge in [-0.05, 0) is 17.5 Å². The first-order valence-corrected chi connectivity index (χ1v) is 9.63. The summed E-state index contributed by atoms with van der Waals surface area (Å²) in [4.78, 5) is 2.26. The van der Waals surface area contributed by atoms with Crippen LogP contribution in [0.5, 0.6) is 0 Å². The van der Waals surface area contributed by atoms with Crippen LogP contribution >= 0.6 is 23.4 Å². The van der Waals surface area contributed by atoms with E-state index in [0.717, 1.165) is 60.3 Å². The van der Waals surface area contributed by atoms with E-state index in [9.17, 15) is 0 Å². The monoisotopic (exact) mass is 366 g/mol. The lowest BCUT2D eigenvalue weighted by Gasteiger charge is -2.28. The SMILES string of the molecule is CC(C)Cn1c(SCc2ccccc2Cl)nnc1N1CCOCC1. The molecule has 7 heteroatoms. The Morgan fingerprint density at radius 1 is 1.21 bits per heavy atom. The number of benzene rings is 1. The molecule has 1 aliphatic heterocycles. The van der Waals surface area contributed by atoms with Gasteiger partial charge in [0, 0.05) is 30.4 Å². The van der Waals surface area contributed by atoms with Crippen molar-refractivity contribution in [1.82, 2.24) is 14.8 Å². The number of halogens is 1. The van der Waals surface area contributed by atoms with Crippen molar-refractivity contribution in [3.8, 4) is 0 Å². The second kappa shape index (κ2) is 8.23. The molecular formula is C17H23ClN4OS. The maximum atomic E-state index is 6.26. The molecule has 0 aliphatic carbocycles. The molecule has 1 saturated heterocycles. The highest BCUT2D eigenvalue weighted by atomic mass is 35.5. The average Bonchev–Trinajstić information content (AvgIpc) is 2.97. The van der Waals surface area contributed by atoms with E-state index in [2.05, 4.69) is 39.6 Å². The predicted molar refractivity (Wildman–Crippen MR) is 98.9 cm³/mol. The van der Waals surface area contributed by atoms with E-state index >= 15 is 0 Å². The van der Waals surface area contributed by atoms with Crippen molar-refractivity contribution >= 4 is 29.3 Å². The maximum Gasteiger partial charge on any atom is 0.228 e. The molecule has 1 aliphatic rings. The van der Waals surface area contributed by atoms with Crippen molar-refractivity contribution in [2.75, 3.05) is 31.2 Å². The van der Waals surface area contributed by atoms with E-state index in [1.165, 1.54) is 0 Å². The zero-order valence-electron chi connectivity index (χ0n) is 14.1. The highest BCUT2D eigenvalue weighted by Gasteiger charge is 2.21. The van der Waals surface area contributed by atoms with Gasteiger partial charge in [-0.15, -0.1) is 10.2 Å². The number of thioether (sulfide) groups is 1. The molecular weight excluding hydrogens is 344 g/mol. The summed E-state index contributed by atoms with van der Waals surface area (Å²) in [7, 11) is 0. The molecule has 0 atom stereocenters. The highest BCUT2D eigenvalue weighted by molar-refractivity contribution is 7.98. The van der Waals surface area contributed by atoms with Gasteiger partial charge in [-0.3, -0.25) is 4.57 Å². The Morgan fingerprint density at radius 2 is 1.96 bits per heavy atom. The predicted octanol–water partition coefficient (Wildman–Crippen LogP) is 3.72. The molecule has 0 bridgehead atoms. The number of hydrogen-bond donors (Lipinski definition) is 0. The molecule has 5 nitrogen and oxygen atoms in total. The third-order valence-corrected chi connectivity index (χ3v) is 5.24. The van der Waals surface area contributed by atoms with Crippen LogP contribution < -0.4 is 4.90 Å². The number of hydrogen-bond acceptors (Lipinski definition) is 5. The molecule has 24 heavy (non-hydrogen) atoms. The van der Waals surface area contributed by atoms with Crippen molar-refractivity contribution < 1.29 is 4.74 Å². The van der Waals surface area contributed by atoms with Crippen LogP contribution in [-0.2, 0) is 17.0 Å². The molecule has 130 valence electrons. The summed E-state index contributed by atoms with van der Waals surface area (Å²) in [5, 5.41) is 10.6. The number of anilines is 1. The Morgan fingerprint density at radius 3 is 2.67 bits per heavy atom. The quantitative estimate of drug-likeness (QED) is 0.729. The van der Waals surface area contributed by atoms with Gasteiger partial charge in [0.2, 0.25) is 5.95 Å². The molecule has 0 N–H and O–H groups in total. The van der Waals surface area contributed by atoms with E-state index in [0.29, 0.717) is 5.92 Å². The van der Waals surface area contributed by atoms with Gasteiger partial charge in [0.1, 0.15) is 0 Å². The smallest absolute Gasteiger partial charge is 0.228 e. The third-order valence-electron chi connectivity index (χ3n) is 3.85.